The summed E-state index contributed by atoms with van der Waals surface area (Å²) in [4.78, 5) is 46.7. The van der Waals surface area contributed by atoms with E-state index in [0.29, 0.717) is 38.4 Å². The number of carbonyl (C=O) groups excluding carboxylic acids is 3. The lowest BCUT2D eigenvalue weighted by Gasteiger charge is -2.42. The summed E-state index contributed by atoms with van der Waals surface area (Å²) in [5, 5.41) is 3.00. The quantitative estimate of drug-likeness (QED) is 0.703. The highest BCUT2D eigenvalue weighted by Crippen LogP contribution is 2.38. The van der Waals surface area contributed by atoms with Gasteiger partial charge in [-0.15, -0.1) is 11.3 Å². The molecule has 0 radical (unpaired) electrons. The number of hydrogen-bond acceptors (Lipinski definition) is 6. The predicted octanol–water partition coefficient (Wildman–Crippen LogP) is 1.27. The number of nitrogens with two attached hydrogens (primary N) is 1. The van der Waals surface area contributed by atoms with Crippen molar-refractivity contribution in [2.24, 2.45) is 11.7 Å². The first-order valence-electron chi connectivity index (χ1n) is 9.36. The lowest BCUT2D eigenvalue weighted by atomic mass is 9.85. The van der Waals surface area contributed by atoms with E-state index in [0.717, 1.165) is 22.9 Å². The van der Waals surface area contributed by atoms with Crippen LogP contribution in [0.1, 0.15) is 38.1 Å². The van der Waals surface area contributed by atoms with Crippen LogP contribution in [0.4, 0.5) is 4.79 Å². The van der Waals surface area contributed by atoms with E-state index in [4.69, 9.17) is 5.73 Å². The number of amides is 4. The van der Waals surface area contributed by atoms with Gasteiger partial charge in [0.15, 0.2) is 0 Å². The Bertz CT molecular complexity index is 698. The molecular weight excluding hydrogens is 366 g/mol. The van der Waals surface area contributed by atoms with Crippen molar-refractivity contribution in [2.75, 3.05) is 26.2 Å². The average molecular weight is 394 g/mol. The SMILES string of the molecule is CC(C)CCN1C(=O)N(CC(N)=O)C(=O)C12CCN(Cc1nccs1)CC2. The molecule has 0 unspecified atom stereocenters. The number of hydrogen-bond donors (Lipinski definition) is 1. The van der Waals surface area contributed by atoms with Crippen molar-refractivity contribution in [1.82, 2.24) is 19.7 Å². The number of nitrogens with zero attached hydrogens (tertiary/aromatic N) is 4. The normalized spacial score (nSPS) is 20.3. The smallest absolute Gasteiger partial charge is 0.328 e. The first kappa shape index (κ1) is 19.8. The molecule has 0 atom stereocenters. The maximum atomic E-state index is 13.1. The molecule has 0 bridgehead atoms. The molecule has 2 aliphatic heterocycles. The summed E-state index contributed by atoms with van der Waals surface area (Å²) in [6.45, 7) is 6.53. The zero-order valence-corrected chi connectivity index (χ0v) is 16.7. The van der Waals surface area contributed by atoms with Crippen LogP contribution in [0.25, 0.3) is 0 Å². The van der Waals surface area contributed by atoms with Crippen molar-refractivity contribution < 1.29 is 14.4 Å². The number of thiazole rings is 1. The Kier molecular flexibility index (Phi) is 5.81. The molecule has 3 heterocycles. The average Bonchev–Trinajstić information content (AvgIpc) is 3.18. The fourth-order valence-corrected chi connectivity index (χ4v) is 4.52. The number of aromatic nitrogens is 1. The molecule has 2 fully saturated rings. The van der Waals surface area contributed by atoms with E-state index in [1.807, 2.05) is 5.38 Å². The number of primary amides is 1. The van der Waals surface area contributed by atoms with Gasteiger partial charge in [0.05, 0.1) is 6.54 Å². The maximum absolute atomic E-state index is 13.1. The second-order valence-electron chi connectivity index (χ2n) is 7.71. The third-order valence-electron chi connectivity index (χ3n) is 5.39. The highest BCUT2D eigenvalue weighted by Gasteiger charge is 2.57. The summed E-state index contributed by atoms with van der Waals surface area (Å²) in [5.41, 5.74) is 4.42. The molecule has 0 aliphatic carbocycles. The van der Waals surface area contributed by atoms with Crippen LogP contribution in [0.15, 0.2) is 11.6 Å². The highest BCUT2D eigenvalue weighted by atomic mass is 32.1. The van der Waals surface area contributed by atoms with Crippen LogP contribution in [0.3, 0.4) is 0 Å². The van der Waals surface area contributed by atoms with Crippen molar-refractivity contribution in [3.8, 4) is 0 Å². The Morgan fingerprint density at radius 2 is 2.04 bits per heavy atom. The van der Waals surface area contributed by atoms with Crippen molar-refractivity contribution in [3.63, 3.8) is 0 Å². The van der Waals surface area contributed by atoms with E-state index in [1.165, 1.54) is 0 Å². The van der Waals surface area contributed by atoms with E-state index < -0.39 is 11.4 Å². The lowest BCUT2D eigenvalue weighted by molar-refractivity contribution is -0.137. The van der Waals surface area contributed by atoms with Gasteiger partial charge in [0, 0.05) is 31.2 Å². The van der Waals surface area contributed by atoms with Crippen LogP contribution in [0.2, 0.25) is 0 Å². The first-order valence-corrected chi connectivity index (χ1v) is 10.2. The fourth-order valence-electron chi connectivity index (χ4n) is 3.86. The summed E-state index contributed by atoms with van der Waals surface area (Å²) >= 11 is 1.62. The molecule has 148 valence electrons. The summed E-state index contributed by atoms with van der Waals surface area (Å²) in [6.07, 6.45) is 3.74. The van der Waals surface area contributed by atoms with Crippen molar-refractivity contribution in [1.29, 1.82) is 0 Å². The van der Waals surface area contributed by atoms with Gasteiger partial charge in [-0.25, -0.2) is 9.78 Å². The summed E-state index contributed by atoms with van der Waals surface area (Å²) in [5.74, 6) is -0.525. The van der Waals surface area contributed by atoms with Crippen molar-refractivity contribution >= 4 is 29.2 Å². The molecule has 1 aromatic heterocycles. The standard InChI is InChI=1S/C18H27N5O3S/c1-13(2)3-7-23-17(26)22(11-14(19)24)16(25)18(23)4-8-21(9-5-18)12-15-20-6-10-27-15/h6,10,13H,3-5,7-9,11-12H2,1-2H3,(H2,19,24). The number of rotatable bonds is 7. The molecule has 1 aromatic rings. The van der Waals surface area contributed by atoms with E-state index in [2.05, 4.69) is 23.7 Å². The van der Waals surface area contributed by atoms with Gasteiger partial charge in [0.1, 0.15) is 17.1 Å². The van der Waals surface area contributed by atoms with Crippen LogP contribution in [-0.4, -0.2) is 69.2 Å². The minimum atomic E-state index is -0.846. The van der Waals surface area contributed by atoms with Gasteiger partial charge in [-0.1, -0.05) is 13.8 Å². The highest BCUT2D eigenvalue weighted by molar-refractivity contribution is 7.09. The van der Waals surface area contributed by atoms with Crippen LogP contribution in [0.5, 0.6) is 0 Å². The molecule has 9 heteroatoms. The number of piperidine rings is 1. The van der Waals surface area contributed by atoms with E-state index in [9.17, 15) is 14.4 Å². The van der Waals surface area contributed by atoms with Gasteiger partial charge >= 0.3 is 6.03 Å². The molecule has 0 aromatic carbocycles. The zero-order valence-electron chi connectivity index (χ0n) is 15.9. The lowest BCUT2D eigenvalue weighted by Crippen LogP contribution is -2.56. The zero-order chi connectivity index (χ0) is 19.6. The van der Waals surface area contributed by atoms with Gasteiger partial charge in [-0.2, -0.15) is 0 Å². The van der Waals surface area contributed by atoms with Crippen molar-refractivity contribution in [3.05, 3.63) is 16.6 Å². The Hall–Kier alpha value is -2.00. The third kappa shape index (κ3) is 3.98. The Morgan fingerprint density at radius 3 is 2.59 bits per heavy atom. The Morgan fingerprint density at radius 1 is 1.33 bits per heavy atom. The summed E-state index contributed by atoms with van der Waals surface area (Å²) in [6, 6.07) is -0.382. The van der Waals surface area contributed by atoms with Crippen LogP contribution >= 0.6 is 11.3 Å². The van der Waals surface area contributed by atoms with E-state index in [-0.39, 0.29) is 18.5 Å². The topological polar surface area (TPSA) is 99.8 Å². The van der Waals surface area contributed by atoms with Gasteiger partial charge in [0.25, 0.3) is 5.91 Å². The van der Waals surface area contributed by atoms with Gasteiger partial charge in [-0.05, 0) is 25.2 Å². The predicted molar refractivity (Wildman–Crippen MR) is 102 cm³/mol. The second kappa shape index (κ2) is 7.93. The molecule has 2 aliphatic rings. The first-order chi connectivity index (χ1) is 12.8. The van der Waals surface area contributed by atoms with Gasteiger partial charge in [-0.3, -0.25) is 19.4 Å². The molecule has 1 spiro atoms. The molecule has 2 saturated heterocycles. The molecule has 8 nitrogen and oxygen atoms in total. The summed E-state index contributed by atoms with van der Waals surface area (Å²) < 4.78 is 0. The van der Waals surface area contributed by atoms with Gasteiger partial charge in [0.2, 0.25) is 5.91 Å². The third-order valence-corrected chi connectivity index (χ3v) is 6.16. The monoisotopic (exact) mass is 393 g/mol. The van der Waals surface area contributed by atoms with E-state index in [1.54, 1.807) is 22.4 Å². The largest absolute Gasteiger partial charge is 0.368 e. The van der Waals surface area contributed by atoms with E-state index >= 15 is 0 Å². The van der Waals surface area contributed by atoms with Crippen LogP contribution < -0.4 is 5.73 Å². The van der Waals surface area contributed by atoms with Crippen LogP contribution in [0, 0.1) is 5.92 Å². The summed E-state index contributed by atoms with van der Waals surface area (Å²) in [7, 11) is 0. The van der Waals surface area contributed by atoms with Crippen LogP contribution in [-0.2, 0) is 16.1 Å². The molecule has 27 heavy (non-hydrogen) atoms. The maximum Gasteiger partial charge on any atom is 0.328 e. The minimum absolute atomic E-state index is 0.274. The van der Waals surface area contributed by atoms with Crippen molar-refractivity contribution in [2.45, 2.75) is 45.2 Å². The van der Waals surface area contributed by atoms with Gasteiger partial charge < -0.3 is 10.6 Å². The number of urea groups is 1. The molecular formula is C18H27N5O3S. The Balaban J connectivity index is 1.76. The molecule has 4 amide bonds. The minimum Gasteiger partial charge on any atom is -0.368 e. The molecule has 3 rings (SSSR count). The molecule has 2 N–H and O–H groups in total. The fraction of sp³-hybridized carbons (Fsp3) is 0.667. The Labute approximate surface area is 163 Å². The number of carbonyl (C=O) groups is 3. The second-order valence-corrected chi connectivity index (χ2v) is 8.69. The number of imide groups is 1. The molecule has 0 saturated carbocycles. The number of likely N-dealkylation sites (tertiary alicyclic amines) is 1.